The van der Waals surface area contributed by atoms with E-state index in [4.69, 9.17) is 20.8 Å². The second-order valence-corrected chi connectivity index (χ2v) is 7.07. The summed E-state index contributed by atoms with van der Waals surface area (Å²) in [4.78, 5) is 11.8. The average molecular weight is 360 g/mol. The highest BCUT2D eigenvalue weighted by Crippen LogP contribution is 2.17. The molecule has 1 aromatic carbocycles. The minimum Gasteiger partial charge on any atom is -0.455 e. The monoisotopic (exact) mass is 359 g/mol. The van der Waals surface area contributed by atoms with Gasteiger partial charge in [-0.3, -0.25) is 4.79 Å². The third-order valence-corrected chi connectivity index (χ3v) is 4.87. The fourth-order valence-corrected chi connectivity index (χ4v) is 2.88. The molecule has 0 amide bonds. The molecule has 8 nitrogen and oxygen atoms in total. The van der Waals surface area contributed by atoms with Crippen molar-refractivity contribution in [3.05, 3.63) is 41.1 Å². The topological polar surface area (TPSA) is 103 Å². The van der Waals surface area contributed by atoms with E-state index in [-0.39, 0.29) is 17.4 Å². The molecule has 1 heterocycles. The molecule has 1 aromatic heterocycles. The Morgan fingerprint density at radius 2 is 1.96 bits per heavy atom. The van der Waals surface area contributed by atoms with Gasteiger partial charge in [-0.1, -0.05) is 11.6 Å². The van der Waals surface area contributed by atoms with Gasteiger partial charge in [-0.2, -0.15) is 4.31 Å². The highest BCUT2D eigenvalue weighted by Gasteiger charge is 2.23. The Labute approximate surface area is 138 Å². The number of aryl methyl sites for hydroxylation is 1. The van der Waals surface area contributed by atoms with Crippen molar-refractivity contribution in [2.75, 3.05) is 13.6 Å². The third-order valence-electron chi connectivity index (χ3n) is 2.80. The van der Waals surface area contributed by atoms with Gasteiger partial charge in [0.15, 0.2) is 6.61 Å². The molecule has 0 unspecified atom stereocenters. The number of benzene rings is 1. The largest absolute Gasteiger partial charge is 0.455 e. The third kappa shape index (κ3) is 4.50. The van der Waals surface area contributed by atoms with Crippen LogP contribution in [-0.2, 0) is 26.2 Å². The summed E-state index contributed by atoms with van der Waals surface area (Å²) < 4.78 is 35.4. The standard InChI is InChI=1S/C13H14ClN3O5S/c1-9-15-16-12(22-9)8-21-13(18)7-17(2)23(19,20)11-5-3-10(14)4-6-11/h3-6H,7-8H2,1-2H3. The van der Waals surface area contributed by atoms with Crippen molar-refractivity contribution in [2.45, 2.75) is 18.4 Å². The van der Waals surface area contributed by atoms with Crippen LogP contribution in [0.5, 0.6) is 0 Å². The molecule has 0 aliphatic heterocycles. The number of carbonyl (C=O) groups is 1. The first kappa shape index (κ1) is 17.4. The minimum atomic E-state index is -3.81. The van der Waals surface area contributed by atoms with E-state index in [2.05, 4.69) is 10.2 Å². The van der Waals surface area contributed by atoms with Crippen LogP contribution in [0.25, 0.3) is 0 Å². The van der Waals surface area contributed by atoms with E-state index in [1.165, 1.54) is 31.3 Å². The molecule has 124 valence electrons. The Bertz CT molecular complexity index is 788. The van der Waals surface area contributed by atoms with Crippen molar-refractivity contribution in [1.82, 2.24) is 14.5 Å². The molecule has 0 aliphatic carbocycles. The second-order valence-electron chi connectivity index (χ2n) is 4.59. The number of rotatable bonds is 6. The lowest BCUT2D eigenvalue weighted by Crippen LogP contribution is -2.33. The minimum absolute atomic E-state index is 0.0322. The molecule has 0 radical (unpaired) electrons. The highest BCUT2D eigenvalue weighted by atomic mass is 35.5. The fourth-order valence-electron chi connectivity index (χ4n) is 1.64. The molecule has 23 heavy (non-hydrogen) atoms. The molecule has 0 spiro atoms. The fraction of sp³-hybridized carbons (Fsp3) is 0.308. The first-order valence-electron chi connectivity index (χ1n) is 6.45. The molecule has 0 saturated heterocycles. The summed E-state index contributed by atoms with van der Waals surface area (Å²) in [6.07, 6.45) is 0. The first-order valence-corrected chi connectivity index (χ1v) is 8.27. The SMILES string of the molecule is Cc1nnc(COC(=O)CN(C)S(=O)(=O)c2ccc(Cl)cc2)o1. The zero-order chi connectivity index (χ0) is 17.0. The van der Waals surface area contributed by atoms with Gasteiger partial charge in [0.25, 0.3) is 5.89 Å². The lowest BCUT2D eigenvalue weighted by Gasteiger charge is -2.16. The predicted octanol–water partition coefficient (Wildman–Crippen LogP) is 1.40. The second kappa shape index (κ2) is 7.07. The van der Waals surface area contributed by atoms with Crippen molar-refractivity contribution in [1.29, 1.82) is 0 Å². The summed E-state index contributed by atoms with van der Waals surface area (Å²) in [7, 11) is -2.53. The zero-order valence-corrected chi connectivity index (χ0v) is 14.0. The summed E-state index contributed by atoms with van der Waals surface area (Å²) in [5.74, 6) is -0.251. The van der Waals surface area contributed by atoms with Crippen LogP contribution in [0.15, 0.2) is 33.6 Å². The molecule has 0 fully saturated rings. The maximum absolute atomic E-state index is 12.3. The van der Waals surface area contributed by atoms with Crippen molar-refractivity contribution in [3.8, 4) is 0 Å². The number of esters is 1. The summed E-state index contributed by atoms with van der Waals surface area (Å²) in [6.45, 7) is 0.942. The van der Waals surface area contributed by atoms with Crippen LogP contribution >= 0.6 is 11.6 Å². The summed E-state index contributed by atoms with van der Waals surface area (Å²) in [5.41, 5.74) is 0. The number of likely N-dealkylation sites (N-methyl/N-ethyl adjacent to an activating group) is 1. The van der Waals surface area contributed by atoms with Gasteiger partial charge in [-0.15, -0.1) is 10.2 Å². The smallest absolute Gasteiger partial charge is 0.321 e. The molecule has 10 heteroatoms. The Morgan fingerprint density at radius 1 is 1.30 bits per heavy atom. The van der Waals surface area contributed by atoms with E-state index < -0.39 is 22.5 Å². The van der Waals surface area contributed by atoms with Gasteiger partial charge in [0.2, 0.25) is 15.9 Å². The van der Waals surface area contributed by atoms with Gasteiger partial charge in [0.1, 0.15) is 6.54 Å². The van der Waals surface area contributed by atoms with Crippen molar-refractivity contribution in [2.24, 2.45) is 0 Å². The van der Waals surface area contributed by atoms with Crippen LogP contribution < -0.4 is 0 Å². The lowest BCUT2D eigenvalue weighted by atomic mass is 10.4. The zero-order valence-electron chi connectivity index (χ0n) is 12.4. The van der Waals surface area contributed by atoms with Gasteiger partial charge in [0.05, 0.1) is 4.90 Å². The molecular formula is C13H14ClN3O5S. The lowest BCUT2D eigenvalue weighted by molar-refractivity contribution is -0.145. The molecule has 0 saturated carbocycles. The van der Waals surface area contributed by atoms with E-state index >= 15 is 0 Å². The number of aromatic nitrogens is 2. The quantitative estimate of drug-likeness (QED) is 0.718. The van der Waals surface area contributed by atoms with Gasteiger partial charge >= 0.3 is 5.97 Å². The van der Waals surface area contributed by atoms with Gasteiger partial charge in [-0.05, 0) is 24.3 Å². The van der Waals surface area contributed by atoms with Crippen LogP contribution in [0.2, 0.25) is 5.02 Å². The van der Waals surface area contributed by atoms with Gasteiger partial charge in [-0.25, -0.2) is 8.42 Å². The van der Waals surface area contributed by atoms with E-state index in [9.17, 15) is 13.2 Å². The molecule has 0 N–H and O–H groups in total. The number of hydrogen-bond acceptors (Lipinski definition) is 7. The molecule has 0 bridgehead atoms. The molecule has 0 atom stereocenters. The van der Waals surface area contributed by atoms with Crippen LogP contribution in [-0.4, -0.2) is 42.5 Å². The van der Waals surface area contributed by atoms with E-state index in [1.807, 2.05) is 0 Å². The Morgan fingerprint density at radius 3 is 2.52 bits per heavy atom. The van der Waals surface area contributed by atoms with Crippen LogP contribution in [0.3, 0.4) is 0 Å². The van der Waals surface area contributed by atoms with E-state index in [1.54, 1.807) is 6.92 Å². The number of carbonyl (C=O) groups excluding carboxylic acids is 1. The van der Waals surface area contributed by atoms with Crippen molar-refractivity contribution in [3.63, 3.8) is 0 Å². The van der Waals surface area contributed by atoms with Crippen molar-refractivity contribution < 1.29 is 22.4 Å². The number of sulfonamides is 1. The Kier molecular flexibility index (Phi) is 5.34. The molecular weight excluding hydrogens is 346 g/mol. The van der Waals surface area contributed by atoms with Crippen LogP contribution in [0, 0.1) is 6.92 Å². The van der Waals surface area contributed by atoms with E-state index in [0.717, 1.165) is 4.31 Å². The molecule has 2 rings (SSSR count). The summed E-state index contributed by atoms with van der Waals surface area (Å²) >= 11 is 5.72. The number of nitrogens with zero attached hydrogens (tertiary/aromatic N) is 3. The molecule has 0 aliphatic rings. The Hall–Kier alpha value is -1.97. The van der Waals surface area contributed by atoms with Crippen LogP contribution in [0.1, 0.15) is 11.8 Å². The highest BCUT2D eigenvalue weighted by molar-refractivity contribution is 7.89. The Balaban J connectivity index is 1.95. The number of hydrogen-bond donors (Lipinski definition) is 0. The van der Waals surface area contributed by atoms with E-state index in [0.29, 0.717) is 10.9 Å². The summed E-state index contributed by atoms with van der Waals surface area (Å²) in [6, 6.07) is 5.64. The van der Waals surface area contributed by atoms with Gasteiger partial charge < -0.3 is 9.15 Å². The average Bonchev–Trinajstić information content (AvgIpc) is 2.91. The maximum atomic E-state index is 12.3. The summed E-state index contributed by atoms with van der Waals surface area (Å²) in [5, 5.41) is 7.67. The molecule has 2 aromatic rings. The number of ether oxygens (including phenoxy) is 1. The van der Waals surface area contributed by atoms with Crippen molar-refractivity contribution >= 4 is 27.6 Å². The normalized spacial score (nSPS) is 11.7. The number of halogens is 1. The van der Waals surface area contributed by atoms with Gasteiger partial charge in [0, 0.05) is 19.0 Å². The predicted molar refractivity (Wildman–Crippen MR) is 80.1 cm³/mol. The maximum Gasteiger partial charge on any atom is 0.321 e. The first-order chi connectivity index (χ1) is 10.8. The van der Waals surface area contributed by atoms with Crippen LogP contribution in [0.4, 0.5) is 0 Å².